The van der Waals surface area contributed by atoms with E-state index in [0.29, 0.717) is 13.1 Å². The zero-order chi connectivity index (χ0) is 20.0. The van der Waals surface area contributed by atoms with Crippen LogP contribution in [-0.2, 0) is 17.6 Å². The van der Waals surface area contributed by atoms with Gasteiger partial charge in [0.15, 0.2) is 0 Å². The van der Waals surface area contributed by atoms with Crippen LogP contribution in [0.25, 0.3) is 10.1 Å². The summed E-state index contributed by atoms with van der Waals surface area (Å²) < 4.78 is 7.17. The molecule has 1 amide bonds. The minimum atomic E-state index is -0.583. The molecule has 0 saturated carbocycles. The fourth-order valence-corrected chi connectivity index (χ4v) is 5.10. The summed E-state index contributed by atoms with van der Waals surface area (Å²) in [6, 6.07) is 9.31. The summed E-state index contributed by atoms with van der Waals surface area (Å²) in [6.07, 6.45) is 2.83. The van der Waals surface area contributed by atoms with Crippen molar-refractivity contribution in [1.82, 2.24) is 19.1 Å². The Hall–Kier alpha value is -2.74. The lowest BCUT2D eigenvalue weighted by Gasteiger charge is -2.36. The minimum Gasteiger partial charge on any atom is -0.352 e. The second kappa shape index (κ2) is 7.26. The number of anilines is 1. The Kier molecular flexibility index (Phi) is 4.58. The highest BCUT2D eigenvalue weighted by molar-refractivity contribution is 7.13. The average molecular weight is 410 g/mol. The normalized spacial score (nSPS) is 17.6. The first-order valence-electron chi connectivity index (χ1n) is 10.1. The largest absolute Gasteiger partial charge is 0.352 e. The second-order valence-corrected chi connectivity index (χ2v) is 8.55. The molecule has 1 atom stereocenters. The molecule has 0 spiro atoms. The maximum atomic E-state index is 13.1. The van der Waals surface area contributed by atoms with Gasteiger partial charge >= 0.3 is 0 Å². The quantitative estimate of drug-likeness (QED) is 0.664. The number of rotatable bonds is 3. The number of hydrogen-bond donors (Lipinski definition) is 0. The molecule has 1 fully saturated rings. The van der Waals surface area contributed by atoms with E-state index in [4.69, 9.17) is 0 Å². The number of carbonyl (C=O) groups is 1. The number of carbonyl (C=O) groups excluding carboxylic acids is 1. The monoisotopic (exact) mass is 409 g/mol. The Bertz CT molecular complexity index is 1130. The van der Waals surface area contributed by atoms with Crippen LogP contribution in [0, 0.1) is 0 Å². The average Bonchev–Trinajstić information content (AvgIpc) is 3.38. The molecule has 0 radical (unpaired) electrons. The van der Waals surface area contributed by atoms with Crippen LogP contribution in [0.2, 0.25) is 0 Å². The molecule has 2 aliphatic rings. The summed E-state index contributed by atoms with van der Waals surface area (Å²) in [7, 11) is 0. The molecule has 150 valence electrons. The smallest absolute Gasteiger partial charge is 0.267 e. The first-order valence-corrected chi connectivity index (χ1v) is 10.9. The van der Waals surface area contributed by atoms with Crippen molar-refractivity contribution in [3.05, 3.63) is 51.9 Å². The van der Waals surface area contributed by atoms with E-state index >= 15 is 0 Å². The van der Waals surface area contributed by atoms with Crippen LogP contribution in [0.5, 0.6) is 0 Å². The summed E-state index contributed by atoms with van der Waals surface area (Å²) in [5.74, 6) is 0.961. The van der Waals surface area contributed by atoms with E-state index in [-0.39, 0.29) is 11.5 Å². The minimum absolute atomic E-state index is 0.0414. The van der Waals surface area contributed by atoms with E-state index in [1.165, 1.54) is 26.3 Å². The lowest BCUT2D eigenvalue weighted by atomic mass is 10.2. The zero-order valence-electron chi connectivity index (χ0n) is 16.4. The Morgan fingerprint density at radius 3 is 2.76 bits per heavy atom. The van der Waals surface area contributed by atoms with E-state index in [0.717, 1.165) is 49.4 Å². The van der Waals surface area contributed by atoms with Crippen molar-refractivity contribution in [3.63, 3.8) is 0 Å². The summed E-state index contributed by atoms with van der Waals surface area (Å²) >= 11 is 1.51. The van der Waals surface area contributed by atoms with Gasteiger partial charge in [-0.15, -0.1) is 0 Å². The lowest BCUT2D eigenvalue weighted by Crippen LogP contribution is -2.51. The molecule has 3 heterocycles. The van der Waals surface area contributed by atoms with Crippen molar-refractivity contribution < 1.29 is 4.79 Å². The topological polar surface area (TPSA) is 71.3 Å². The van der Waals surface area contributed by atoms with Gasteiger partial charge in [0.05, 0.1) is 10.4 Å². The predicted octanol–water partition coefficient (Wildman–Crippen LogP) is 2.25. The second-order valence-electron chi connectivity index (χ2n) is 7.74. The zero-order valence-corrected chi connectivity index (χ0v) is 17.2. The number of amides is 1. The number of hydrogen-bond acceptors (Lipinski definition) is 6. The Morgan fingerprint density at radius 2 is 1.93 bits per heavy atom. The predicted molar refractivity (Wildman–Crippen MR) is 114 cm³/mol. The molecule has 2 aromatic heterocycles. The van der Waals surface area contributed by atoms with Crippen molar-refractivity contribution in [2.45, 2.75) is 32.2 Å². The van der Waals surface area contributed by atoms with Crippen molar-refractivity contribution in [2.24, 2.45) is 0 Å². The van der Waals surface area contributed by atoms with Gasteiger partial charge in [0.2, 0.25) is 5.91 Å². The Morgan fingerprint density at radius 1 is 1.14 bits per heavy atom. The third kappa shape index (κ3) is 3.21. The molecule has 1 aliphatic heterocycles. The SMILES string of the molecule is CC(C(=O)N1CCN(c2nsc3ccccc23)CC1)n1nc2c(cc1=O)CCC2. The number of fused-ring (bicyclic) bond motifs is 2. The van der Waals surface area contributed by atoms with Gasteiger partial charge in [-0.25, -0.2) is 4.68 Å². The van der Waals surface area contributed by atoms with Crippen LogP contribution in [0.4, 0.5) is 5.82 Å². The highest BCUT2D eigenvalue weighted by atomic mass is 32.1. The molecule has 0 bridgehead atoms. The van der Waals surface area contributed by atoms with E-state index in [2.05, 4.69) is 26.5 Å². The Labute approximate surface area is 172 Å². The van der Waals surface area contributed by atoms with Crippen LogP contribution >= 0.6 is 11.5 Å². The van der Waals surface area contributed by atoms with Crippen molar-refractivity contribution in [3.8, 4) is 0 Å². The van der Waals surface area contributed by atoms with Gasteiger partial charge < -0.3 is 9.80 Å². The van der Waals surface area contributed by atoms with Crippen LogP contribution < -0.4 is 10.5 Å². The molecule has 1 unspecified atom stereocenters. The van der Waals surface area contributed by atoms with Crippen LogP contribution in [0.15, 0.2) is 35.1 Å². The number of benzene rings is 1. The molecule has 7 nitrogen and oxygen atoms in total. The van der Waals surface area contributed by atoms with Gasteiger partial charge in [0, 0.05) is 37.6 Å². The first kappa shape index (κ1) is 18.3. The van der Waals surface area contributed by atoms with E-state index in [1.54, 1.807) is 13.0 Å². The van der Waals surface area contributed by atoms with Gasteiger partial charge in [0.1, 0.15) is 11.9 Å². The fraction of sp³-hybridized carbons (Fsp3) is 0.429. The third-order valence-electron chi connectivity index (χ3n) is 5.96. The number of nitrogens with zero attached hydrogens (tertiary/aromatic N) is 5. The fourth-order valence-electron chi connectivity index (χ4n) is 4.30. The van der Waals surface area contributed by atoms with Gasteiger partial charge in [-0.3, -0.25) is 9.59 Å². The van der Waals surface area contributed by atoms with Gasteiger partial charge in [-0.2, -0.15) is 9.47 Å². The number of aryl methyl sites for hydroxylation is 2. The van der Waals surface area contributed by atoms with Crippen LogP contribution in [-0.4, -0.2) is 51.1 Å². The molecular formula is C21H23N5O2S. The maximum Gasteiger partial charge on any atom is 0.267 e. The molecule has 5 rings (SSSR count). The lowest BCUT2D eigenvalue weighted by molar-refractivity contribution is -0.135. The summed E-state index contributed by atoms with van der Waals surface area (Å²) in [5, 5.41) is 5.66. The number of piperazine rings is 1. The molecule has 1 aromatic carbocycles. The molecular weight excluding hydrogens is 386 g/mol. The summed E-state index contributed by atoms with van der Waals surface area (Å²) in [6.45, 7) is 4.49. The standard InChI is InChI=1S/C21H23N5O2S/c1-14(26-19(27)13-15-5-4-7-17(15)22-26)21(28)25-11-9-24(10-12-25)20-16-6-2-3-8-18(16)29-23-20/h2-3,6,8,13-14H,4-5,7,9-12H2,1H3. The van der Waals surface area contributed by atoms with Crippen molar-refractivity contribution in [1.29, 1.82) is 0 Å². The van der Waals surface area contributed by atoms with E-state index in [9.17, 15) is 9.59 Å². The van der Waals surface area contributed by atoms with Crippen molar-refractivity contribution >= 4 is 33.3 Å². The van der Waals surface area contributed by atoms with Gasteiger partial charge in [0.25, 0.3) is 5.56 Å². The molecule has 1 saturated heterocycles. The maximum absolute atomic E-state index is 13.1. The van der Waals surface area contributed by atoms with E-state index < -0.39 is 6.04 Å². The summed E-state index contributed by atoms with van der Waals surface area (Å²) in [4.78, 5) is 29.6. The first-order chi connectivity index (χ1) is 14.1. The highest BCUT2D eigenvalue weighted by Gasteiger charge is 2.29. The summed E-state index contributed by atoms with van der Waals surface area (Å²) in [5.41, 5.74) is 1.82. The van der Waals surface area contributed by atoms with Gasteiger partial charge in [-0.05, 0) is 55.4 Å². The highest BCUT2D eigenvalue weighted by Crippen LogP contribution is 2.30. The molecule has 29 heavy (non-hydrogen) atoms. The number of aromatic nitrogens is 3. The molecule has 8 heteroatoms. The van der Waals surface area contributed by atoms with E-state index in [1.807, 2.05) is 17.0 Å². The molecule has 3 aromatic rings. The van der Waals surface area contributed by atoms with Crippen molar-refractivity contribution in [2.75, 3.05) is 31.1 Å². The van der Waals surface area contributed by atoms with Crippen LogP contribution in [0.3, 0.4) is 0 Å². The third-order valence-corrected chi connectivity index (χ3v) is 6.77. The Balaban J connectivity index is 1.29. The van der Waals surface area contributed by atoms with Gasteiger partial charge in [-0.1, -0.05) is 12.1 Å². The molecule has 1 aliphatic carbocycles. The van der Waals surface area contributed by atoms with Crippen LogP contribution in [0.1, 0.15) is 30.6 Å². The molecule has 0 N–H and O–H groups in total.